The number of ketones is 1. The van der Waals surface area contributed by atoms with Crippen LogP contribution in [0, 0.1) is 40.4 Å². The highest BCUT2D eigenvalue weighted by molar-refractivity contribution is 5.79. The van der Waals surface area contributed by atoms with Gasteiger partial charge in [0.25, 0.3) is 0 Å². The van der Waals surface area contributed by atoms with Crippen LogP contribution in [-0.2, 0) is 4.79 Å². The van der Waals surface area contributed by atoms with Crippen LogP contribution >= 0.6 is 0 Å². The molecular weight excluding hydrogens is 284 g/mol. The normalized spacial score (nSPS) is 55.7. The zero-order chi connectivity index (χ0) is 16.4. The van der Waals surface area contributed by atoms with Gasteiger partial charge in [-0.3, -0.25) is 4.79 Å². The molecule has 0 aliphatic heterocycles. The molecule has 0 spiro atoms. The van der Waals surface area contributed by atoms with Crippen molar-refractivity contribution < 1.29 is 9.90 Å². The van der Waals surface area contributed by atoms with Gasteiger partial charge in [0.15, 0.2) is 0 Å². The molecule has 0 heterocycles. The Kier molecular flexibility index (Phi) is 3.72. The second kappa shape index (κ2) is 5.31. The van der Waals surface area contributed by atoms with Gasteiger partial charge in [-0.2, -0.15) is 0 Å². The Balaban J connectivity index is 1.61. The Morgan fingerprint density at radius 2 is 1.61 bits per heavy atom. The number of hydrogen-bond donors (Lipinski definition) is 1. The molecule has 0 aromatic carbocycles. The summed E-state index contributed by atoms with van der Waals surface area (Å²) in [5.74, 6) is 3.97. The van der Waals surface area contributed by atoms with E-state index in [1.807, 2.05) is 6.92 Å². The molecule has 0 radical (unpaired) electrons. The van der Waals surface area contributed by atoms with Gasteiger partial charge in [-0.05, 0) is 99.2 Å². The first-order chi connectivity index (χ1) is 10.9. The highest BCUT2D eigenvalue weighted by atomic mass is 16.3. The molecule has 4 saturated carbocycles. The van der Waals surface area contributed by atoms with Crippen LogP contribution in [0.5, 0.6) is 0 Å². The molecule has 0 aromatic rings. The van der Waals surface area contributed by atoms with E-state index >= 15 is 0 Å². The van der Waals surface area contributed by atoms with Crippen LogP contribution < -0.4 is 0 Å². The predicted octanol–water partition coefficient (Wildman–Crippen LogP) is 4.60. The van der Waals surface area contributed by atoms with E-state index in [2.05, 4.69) is 13.8 Å². The van der Waals surface area contributed by atoms with Crippen LogP contribution in [-0.4, -0.2) is 17.0 Å². The van der Waals surface area contributed by atoms with Crippen LogP contribution in [0.1, 0.15) is 78.6 Å². The Morgan fingerprint density at radius 3 is 2.35 bits per heavy atom. The monoisotopic (exact) mass is 318 g/mol. The van der Waals surface area contributed by atoms with E-state index in [1.54, 1.807) is 0 Å². The van der Waals surface area contributed by atoms with E-state index in [9.17, 15) is 9.90 Å². The largest absolute Gasteiger partial charge is 0.393 e. The molecule has 4 unspecified atom stereocenters. The minimum absolute atomic E-state index is 0.0490. The SMILES string of the molecule is CC(=O)C1CCC2C3CC[C@@H]4C[C@H](O)CC[C@]4(C)C3CC[C@]12C. The number of carbonyl (C=O) groups is 1. The lowest BCUT2D eigenvalue weighted by Crippen LogP contribution is -2.54. The lowest BCUT2D eigenvalue weighted by Gasteiger charge is -2.60. The standard InChI is InChI=1S/C21H34O2/c1-13(22)17-6-7-18-16-5-4-14-12-15(23)8-10-20(14,2)19(16)9-11-21(17,18)3/h14-19,23H,4-12H2,1-3H3/t14-,15-,16?,17?,18?,19?,20+,21-/m1/s1. The number of Topliss-reactive ketones (excluding diaryl/α,β-unsaturated/α-hetero) is 1. The lowest BCUT2D eigenvalue weighted by atomic mass is 9.44. The summed E-state index contributed by atoms with van der Waals surface area (Å²) < 4.78 is 0. The zero-order valence-electron chi connectivity index (χ0n) is 15.2. The third kappa shape index (κ3) is 2.19. The van der Waals surface area contributed by atoms with Crippen molar-refractivity contribution in [1.82, 2.24) is 0 Å². The first-order valence-corrected chi connectivity index (χ1v) is 10.0. The molecule has 0 amide bonds. The van der Waals surface area contributed by atoms with E-state index in [0.717, 1.165) is 42.9 Å². The Hall–Kier alpha value is -0.370. The van der Waals surface area contributed by atoms with Gasteiger partial charge in [-0.1, -0.05) is 13.8 Å². The van der Waals surface area contributed by atoms with Crippen molar-refractivity contribution in [2.75, 3.05) is 0 Å². The van der Waals surface area contributed by atoms with Gasteiger partial charge in [-0.25, -0.2) is 0 Å². The second-order valence-electron chi connectivity index (χ2n) is 9.87. The third-order valence-electron chi connectivity index (χ3n) is 9.13. The van der Waals surface area contributed by atoms with E-state index in [-0.39, 0.29) is 11.5 Å². The molecule has 0 bridgehead atoms. The topological polar surface area (TPSA) is 37.3 Å². The van der Waals surface area contributed by atoms with Crippen molar-refractivity contribution in [3.05, 3.63) is 0 Å². The molecule has 4 rings (SSSR count). The summed E-state index contributed by atoms with van der Waals surface area (Å²) in [7, 11) is 0. The third-order valence-corrected chi connectivity index (χ3v) is 9.13. The fraction of sp³-hybridized carbons (Fsp3) is 0.952. The van der Waals surface area contributed by atoms with Crippen molar-refractivity contribution in [1.29, 1.82) is 0 Å². The van der Waals surface area contributed by atoms with E-state index in [0.29, 0.717) is 17.1 Å². The van der Waals surface area contributed by atoms with Crippen LogP contribution in [0.2, 0.25) is 0 Å². The van der Waals surface area contributed by atoms with Gasteiger partial charge in [-0.15, -0.1) is 0 Å². The number of hydrogen-bond acceptors (Lipinski definition) is 2. The summed E-state index contributed by atoms with van der Waals surface area (Å²) in [4.78, 5) is 12.2. The summed E-state index contributed by atoms with van der Waals surface area (Å²) >= 11 is 0. The maximum Gasteiger partial charge on any atom is 0.133 e. The first-order valence-electron chi connectivity index (χ1n) is 10.0. The van der Waals surface area contributed by atoms with Crippen molar-refractivity contribution in [2.45, 2.75) is 84.7 Å². The summed E-state index contributed by atoms with van der Waals surface area (Å²) in [6.45, 7) is 6.80. The Morgan fingerprint density at radius 1 is 0.913 bits per heavy atom. The first kappa shape index (κ1) is 16.1. The summed E-state index contributed by atoms with van der Waals surface area (Å²) in [5.41, 5.74) is 0.738. The molecule has 4 aliphatic rings. The molecule has 0 saturated heterocycles. The van der Waals surface area contributed by atoms with Crippen molar-refractivity contribution in [3.63, 3.8) is 0 Å². The summed E-state index contributed by atoms with van der Waals surface area (Å²) in [6, 6.07) is 0. The summed E-state index contributed by atoms with van der Waals surface area (Å²) in [6.07, 6.45) is 10.9. The van der Waals surface area contributed by atoms with Crippen molar-refractivity contribution in [2.24, 2.45) is 40.4 Å². The molecule has 2 nitrogen and oxygen atoms in total. The van der Waals surface area contributed by atoms with Gasteiger partial charge in [0.2, 0.25) is 0 Å². The van der Waals surface area contributed by atoms with E-state index in [1.165, 1.54) is 38.5 Å². The summed E-state index contributed by atoms with van der Waals surface area (Å²) in [5, 5.41) is 10.1. The van der Waals surface area contributed by atoms with Crippen LogP contribution in [0.15, 0.2) is 0 Å². The minimum atomic E-state index is -0.0490. The maximum absolute atomic E-state index is 12.2. The van der Waals surface area contributed by atoms with Crippen molar-refractivity contribution in [3.8, 4) is 0 Å². The Labute approximate surface area is 141 Å². The van der Waals surface area contributed by atoms with E-state index in [4.69, 9.17) is 0 Å². The van der Waals surface area contributed by atoms with Gasteiger partial charge in [0.1, 0.15) is 5.78 Å². The lowest BCUT2D eigenvalue weighted by molar-refractivity contribution is -0.138. The zero-order valence-corrected chi connectivity index (χ0v) is 15.2. The minimum Gasteiger partial charge on any atom is -0.393 e. The smallest absolute Gasteiger partial charge is 0.133 e. The molecule has 4 fully saturated rings. The second-order valence-corrected chi connectivity index (χ2v) is 9.87. The fourth-order valence-corrected chi connectivity index (χ4v) is 7.90. The fourth-order valence-electron chi connectivity index (χ4n) is 7.90. The molecule has 0 aromatic heterocycles. The number of aliphatic hydroxyl groups excluding tert-OH is 1. The van der Waals surface area contributed by atoms with Crippen LogP contribution in [0.3, 0.4) is 0 Å². The average molecular weight is 319 g/mol. The number of fused-ring (bicyclic) bond motifs is 5. The number of aliphatic hydroxyl groups is 1. The van der Waals surface area contributed by atoms with Gasteiger partial charge in [0.05, 0.1) is 6.10 Å². The van der Waals surface area contributed by atoms with Crippen LogP contribution in [0.4, 0.5) is 0 Å². The molecule has 4 aliphatic carbocycles. The average Bonchev–Trinajstić information content (AvgIpc) is 2.85. The van der Waals surface area contributed by atoms with E-state index < -0.39 is 0 Å². The van der Waals surface area contributed by atoms with Crippen LogP contribution in [0.25, 0.3) is 0 Å². The molecule has 23 heavy (non-hydrogen) atoms. The number of carbonyl (C=O) groups excluding carboxylic acids is 1. The quantitative estimate of drug-likeness (QED) is 0.767. The Bertz CT molecular complexity index is 500. The molecule has 130 valence electrons. The molecule has 8 atom stereocenters. The number of rotatable bonds is 1. The van der Waals surface area contributed by atoms with Gasteiger partial charge in [0, 0.05) is 5.92 Å². The maximum atomic E-state index is 12.2. The highest BCUT2D eigenvalue weighted by Gasteiger charge is 2.60. The molecular formula is C21H34O2. The van der Waals surface area contributed by atoms with Crippen molar-refractivity contribution >= 4 is 5.78 Å². The molecule has 2 heteroatoms. The predicted molar refractivity (Wildman–Crippen MR) is 91.9 cm³/mol. The molecule has 1 N–H and O–H groups in total. The highest BCUT2D eigenvalue weighted by Crippen LogP contribution is 2.67. The van der Waals surface area contributed by atoms with Gasteiger partial charge >= 0.3 is 0 Å². The van der Waals surface area contributed by atoms with Gasteiger partial charge < -0.3 is 5.11 Å².